The van der Waals surface area contributed by atoms with Crippen LogP contribution in [0.2, 0.25) is 0 Å². The molecule has 2 N–H and O–H groups in total. The van der Waals surface area contributed by atoms with Crippen molar-refractivity contribution in [3.05, 3.63) is 23.8 Å². The quantitative estimate of drug-likeness (QED) is 0.604. The fraction of sp³-hybridized carbons (Fsp3) is 0.500. The molecule has 0 unspecified atom stereocenters. The van der Waals surface area contributed by atoms with E-state index in [-0.39, 0.29) is 31.3 Å². The minimum atomic E-state index is -0.490. The minimum absolute atomic E-state index is 0.152. The summed E-state index contributed by atoms with van der Waals surface area (Å²) in [4.78, 5) is 23.7. The topological polar surface area (TPSA) is 95.1 Å². The van der Waals surface area contributed by atoms with Crippen LogP contribution in [-0.4, -0.2) is 59.6 Å². The van der Waals surface area contributed by atoms with Crippen molar-refractivity contribution in [1.29, 1.82) is 0 Å². The van der Waals surface area contributed by atoms with Gasteiger partial charge in [0.05, 0.1) is 20.8 Å². The van der Waals surface area contributed by atoms with Gasteiger partial charge in [-0.2, -0.15) is 0 Å². The molecule has 1 aromatic rings. The summed E-state index contributed by atoms with van der Waals surface area (Å²) in [6, 6.07) is 4.85. The SMILES string of the molecule is COc1ccc(C(=O)NCCC(=O)NCC(OC)OC)cc1OC. The number of carbonyl (C=O) groups is 2. The number of hydrogen-bond donors (Lipinski definition) is 2. The summed E-state index contributed by atoms with van der Waals surface area (Å²) in [6.45, 7) is 0.457. The molecule has 134 valence electrons. The Kier molecular flexibility index (Phi) is 8.59. The second-order valence-corrected chi connectivity index (χ2v) is 4.78. The minimum Gasteiger partial charge on any atom is -0.493 e. The van der Waals surface area contributed by atoms with Crippen LogP contribution in [-0.2, 0) is 14.3 Å². The summed E-state index contributed by atoms with van der Waals surface area (Å²) in [5, 5.41) is 5.33. The Labute approximate surface area is 141 Å². The van der Waals surface area contributed by atoms with Crippen molar-refractivity contribution in [2.75, 3.05) is 41.5 Å². The van der Waals surface area contributed by atoms with E-state index in [2.05, 4.69) is 10.6 Å². The van der Waals surface area contributed by atoms with Gasteiger partial charge < -0.3 is 29.6 Å². The monoisotopic (exact) mass is 340 g/mol. The smallest absolute Gasteiger partial charge is 0.251 e. The van der Waals surface area contributed by atoms with Gasteiger partial charge in [-0.15, -0.1) is 0 Å². The number of methoxy groups -OCH3 is 4. The Morgan fingerprint density at radius 2 is 1.67 bits per heavy atom. The molecule has 0 spiro atoms. The molecular weight excluding hydrogens is 316 g/mol. The van der Waals surface area contributed by atoms with Crippen molar-refractivity contribution in [3.8, 4) is 11.5 Å². The molecule has 0 aliphatic carbocycles. The molecule has 0 atom stereocenters. The molecule has 0 radical (unpaired) electrons. The van der Waals surface area contributed by atoms with Gasteiger partial charge in [0.2, 0.25) is 5.91 Å². The molecule has 1 aromatic carbocycles. The Balaban J connectivity index is 2.42. The molecule has 8 heteroatoms. The summed E-state index contributed by atoms with van der Waals surface area (Å²) < 4.78 is 20.2. The second kappa shape index (κ2) is 10.5. The summed E-state index contributed by atoms with van der Waals surface area (Å²) in [7, 11) is 6.00. The second-order valence-electron chi connectivity index (χ2n) is 4.78. The van der Waals surface area contributed by atoms with E-state index in [1.54, 1.807) is 18.2 Å². The third-order valence-electron chi connectivity index (χ3n) is 3.28. The highest BCUT2D eigenvalue weighted by atomic mass is 16.7. The fourth-order valence-electron chi connectivity index (χ4n) is 1.92. The van der Waals surface area contributed by atoms with Crippen molar-refractivity contribution in [2.45, 2.75) is 12.7 Å². The maximum atomic E-state index is 12.1. The third-order valence-corrected chi connectivity index (χ3v) is 3.28. The van der Waals surface area contributed by atoms with Crippen LogP contribution in [0.3, 0.4) is 0 Å². The van der Waals surface area contributed by atoms with Crippen LogP contribution in [0.15, 0.2) is 18.2 Å². The highest BCUT2D eigenvalue weighted by Crippen LogP contribution is 2.27. The molecule has 2 amide bonds. The fourth-order valence-corrected chi connectivity index (χ4v) is 1.92. The van der Waals surface area contributed by atoms with Gasteiger partial charge in [-0.25, -0.2) is 0 Å². The Morgan fingerprint density at radius 1 is 1.00 bits per heavy atom. The predicted octanol–water partition coefficient (Wildman–Crippen LogP) is 0.559. The highest BCUT2D eigenvalue weighted by Gasteiger charge is 2.12. The van der Waals surface area contributed by atoms with Crippen molar-refractivity contribution in [2.24, 2.45) is 0 Å². The van der Waals surface area contributed by atoms with Crippen LogP contribution in [0.5, 0.6) is 11.5 Å². The Morgan fingerprint density at radius 3 is 2.25 bits per heavy atom. The van der Waals surface area contributed by atoms with Crippen LogP contribution < -0.4 is 20.1 Å². The number of hydrogen-bond acceptors (Lipinski definition) is 6. The van der Waals surface area contributed by atoms with E-state index in [1.165, 1.54) is 28.4 Å². The molecule has 0 saturated heterocycles. The third kappa shape index (κ3) is 6.05. The molecular formula is C16H24N2O6. The summed E-state index contributed by atoms with van der Waals surface area (Å²) in [6.07, 6.45) is -0.338. The summed E-state index contributed by atoms with van der Waals surface area (Å²) >= 11 is 0. The molecule has 0 heterocycles. The molecule has 0 saturated carbocycles. The normalized spacial score (nSPS) is 10.4. The largest absolute Gasteiger partial charge is 0.493 e. The number of amides is 2. The zero-order valence-electron chi connectivity index (χ0n) is 14.4. The number of benzene rings is 1. The molecule has 0 aliphatic rings. The van der Waals surface area contributed by atoms with Gasteiger partial charge in [0.15, 0.2) is 17.8 Å². The van der Waals surface area contributed by atoms with Crippen LogP contribution in [0.4, 0.5) is 0 Å². The van der Waals surface area contributed by atoms with Crippen LogP contribution in [0.25, 0.3) is 0 Å². The average molecular weight is 340 g/mol. The van der Waals surface area contributed by atoms with Crippen LogP contribution in [0, 0.1) is 0 Å². The standard InChI is InChI=1S/C16H24N2O6/c1-21-12-6-5-11(9-13(12)22-2)16(20)17-8-7-14(19)18-10-15(23-3)24-4/h5-6,9,15H,7-8,10H2,1-4H3,(H,17,20)(H,18,19). The number of ether oxygens (including phenoxy) is 4. The van der Waals surface area contributed by atoms with E-state index in [1.807, 2.05) is 0 Å². The Hall–Kier alpha value is -2.32. The van der Waals surface area contributed by atoms with Gasteiger partial charge in [0.25, 0.3) is 5.91 Å². The van der Waals surface area contributed by atoms with Crippen molar-refractivity contribution in [1.82, 2.24) is 10.6 Å². The van der Waals surface area contributed by atoms with Gasteiger partial charge >= 0.3 is 0 Å². The maximum absolute atomic E-state index is 12.1. The van der Waals surface area contributed by atoms with Gasteiger partial charge in [0, 0.05) is 32.7 Å². The van der Waals surface area contributed by atoms with Gasteiger partial charge in [0.1, 0.15) is 0 Å². The molecule has 24 heavy (non-hydrogen) atoms. The number of rotatable bonds is 10. The predicted molar refractivity (Wildman–Crippen MR) is 87.3 cm³/mol. The van der Waals surface area contributed by atoms with Crippen LogP contribution in [0.1, 0.15) is 16.8 Å². The molecule has 0 bridgehead atoms. The summed E-state index contributed by atoms with van der Waals surface area (Å²) in [5.74, 6) is 0.504. The lowest BCUT2D eigenvalue weighted by atomic mass is 10.2. The zero-order valence-corrected chi connectivity index (χ0v) is 14.4. The lowest BCUT2D eigenvalue weighted by Crippen LogP contribution is -2.36. The molecule has 0 fully saturated rings. The van der Waals surface area contributed by atoms with Crippen molar-refractivity contribution >= 4 is 11.8 Å². The van der Waals surface area contributed by atoms with E-state index in [0.29, 0.717) is 17.1 Å². The molecule has 8 nitrogen and oxygen atoms in total. The molecule has 0 aliphatic heterocycles. The number of carbonyl (C=O) groups excluding carboxylic acids is 2. The highest BCUT2D eigenvalue weighted by molar-refractivity contribution is 5.95. The zero-order chi connectivity index (χ0) is 17.9. The molecule has 0 aromatic heterocycles. The summed E-state index contributed by atoms with van der Waals surface area (Å²) in [5.41, 5.74) is 0.423. The van der Waals surface area contributed by atoms with Crippen molar-refractivity contribution in [3.63, 3.8) is 0 Å². The first-order valence-electron chi connectivity index (χ1n) is 7.38. The first-order valence-corrected chi connectivity index (χ1v) is 7.38. The first-order chi connectivity index (χ1) is 11.5. The van der Waals surface area contributed by atoms with E-state index in [0.717, 1.165) is 0 Å². The average Bonchev–Trinajstić information content (AvgIpc) is 2.61. The lowest BCUT2D eigenvalue weighted by molar-refractivity contribution is -0.127. The maximum Gasteiger partial charge on any atom is 0.251 e. The van der Waals surface area contributed by atoms with Crippen molar-refractivity contribution < 1.29 is 28.5 Å². The van der Waals surface area contributed by atoms with E-state index in [9.17, 15) is 9.59 Å². The van der Waals surface area contributed by atoms with Gasteiger partial charge in [-0.05, 0) is 18.2 Å². The van der Waals surface area contributed by atoms with Crippen LogP contribution >= 0.6 is 0 Å². The van der Waals surface area contributed by atoms with E-state index in [4.69, 9.17) is 18.9 Å². The molecule has 1 rings (SSSR count). The van der Waals surface area contributed by atoms with Gasteiger partial charge in [-0.3, -0.25) is 9.59 Å². The lowest BCUT2D eigenvalue weighted by Gasteiger charge is -2.14. The Bertz CT molecular complexity index is 545. The van der Waals surface area contributed by atoms with E-state index < -0.39 is 6.29 Å². The van der Waals surface area contributed by atoms with Gasteiger partial charge in [-0.1, -0.05) is 0 Å². The number of nitrogens with one attached hydrogen (secondary N) is 2. The first kappa shape index (κ1) is 19.7. The van der Waals surface area contributed by atoms with E-state index >= 15 is 0 Å².